The molecule has 1 fully saturated rings. The van der Waals surface area contributed by atoms with Gasteiger partial charge in [0, 0.05) is 6.04 Å². The minimum absolute atomic E-state index is 0.566. The number of hydrogen-bond acceptors (Lipinski definition) is 1. The molecule has 0 aromatic heterocycles. The maximum absolute atomic E-state index is 3.47. The second-order valence-corrected chi connectivity index (χ2v) is 5.60. The van der Waals surface area contributed by atoms with Crippen molar-refractivity contribution in [2.45, 2.75) is 50.5 Å². The summed E-state index contributed by atoms with van der Waals surface area (Å²) in [6.07, 6.45) is 6.96. The van der Waals surface area contributed by atoms with E-state index < -0.39 is 0 Å². The molecule has 0 heterocycles. The van der Waals surface area contributed by atoms with Gasteiger partial charge in [-0.05, 0) is 56.2 Å². The van der Waals surface area contributed by atoms with E-state index in [1.54, 1.807) is 11.1 Å². The summed E-state index contributed by atoms with van der Waals surface area (Å²) < 4.78 is 0. The van der Waals surface area contributed by atoms with E-state index in [9.17, 15) is 0 Å². The molecule has 1 nitrogen and oxygen atoms in total. The van der Waals surface area contributed by atoms with Crippen LogP contribution in [0.5, 0.6) is 0 Å². The Morgan fingerprint density at radius 1 is 1.25 bits per heavy atom. The van der Waals surface area contributed by atoms with Crippen molar-refractivity contribution >= 4 is 0 Å². The normalized spacial score (nSPS) is 26.2. The third-order valence-corrected chi connectivity index (χ3v) is 4.72. The number of hydrogen-bond donors (Lipinski definition) is 1. The van der Waals surface area contributed by atoms with Crippen molar-refractivity contribution in [3.05, 3.63) is 34.9 Å². The van der Waals surface area contributed by atoms with Crippen LogP contribution in [0.4, 0.5) is 0 Å². The van der Waals surface area contributed by atoms with Crippen molar-refractivity contribution < 1.29 is 0 Å². The molecule has 1 heteroatoms. The number of nitrogens with one attached hydrogen (secondary N) is 1. The van der Waals surface area contributed by atoms with Crippen molar-refractivity contribution in [1.82, 2.24) is 5.32 Å². The van der Waals surface area contributed by atoms with Crippen molar-refractivity contribution in [2.24, 2.45) is 0 Å². The maximum Gasteiger partial charge on any atom is 0.0320 e. The van der Waals surface area contributed by atoms with Crippen LogP contribution in [-0.2, 0) is 5.41 Å². The first-order chi connectivity index (χ1) is 7.75. The van der Waals surface area contributed by atoms with E-state index in [1.807, 2.05) is 0 Å². The first-order valence-electron chi connectivity index (χ1n) is 6.53. The molecule has 1 saturated carbocycles. The molecule has 1 unspecified atom stereocenters. The molecule has 0 amide bonds. The predicted octanol–water partition coefficient (Wildman–Crippen LogP) is 3.47. The highest BCUT2D eigenvalue weighted by atomic mass is 14.9. The van der Waals surface area contributed by atoms with Crippen LogP contribution < -0.4 is 5.32 Å². The monoisotopic (exact) mass is 215 g/mol. The van der Waals surface area contributed by atoms with Crippen molar-refractivity contribution in [3.8, 4) is 0 Å². The third-order valence-electron chi connectivity index (χ3n) is 4.72. The van der Waals surface area contributed by atoms with Crippen molar-refractivity contribution in [1.29, 1.82) is 0 Å². The highest BCUT2D eigenvalue weighted by molar-refractivity contribution is 5.42. The van der Waals surface area contributed by atoms with Gasteiger partial charge in [0.15, 0.2) is 0 Å². The predicted molar refractivity (Wildman–Crippen MR) is 67.7 cm³/mol. The summed E-state index contributed by atoms with van der Waals surface area (Å²) in [5.74, 6) is 0. The van der Waals surface area contributed by atoms with Crippen LogP contribution >= 0.6 is 0 Å². The van der Waals surface area contributed by atoms with E-state index in [-0.39, 0.29) is 0 Å². The molecule has 1 atom stereocenters. The van der Waals surface area contributed by atoms with E-state index in [0.717, 1.165) is 0 Å². The average molecular weight is 215 g/mol. The highest BCUT2D eigenvalue weighted by Crippen LogP contribution is 2.53. The summed E-state index contributed by atoms with van der Waals surface area (Å²) in [5.41, 5.74) is 5.19. The summed E-state index contributed by atoms with van der Waals surface area (Å²) in [4.78, 5) is 0. The van der Waals surface area contributed by atoms with Crippen LogP contribution in [0.2, 0.25) is 0 Å². The van der Waals surface area contributed by atoms with Crippen LogP contribution in [0.1, 0.15) is 54.8 Å². The summed E-state index contributed by atoms with van der Waals surface area (Å²) in [6, 6.07) is 7.67. The largest absolute Gasteiger partial charge is 0.313 e. The molecule has 2 aliphatic rings. The van der Waals surface area contributed by atoms with Gasteiger partial charge in [-0.3, -0.25) is 0 Å². The maximum atomic E-state index is 3.47. The van der Waals surface area contributed by atoms with Gasteiger partial charge in [0.1, 0.15) is 0 Å². The lowest BCUT2D eigenvalue weighted by atomic mass is 9.57. The average Bonchev–Trinajstić information content (AvgIpc) is 2.25. The standard InChI is InChI=1S/C15H21N/c1-11-4-5-13-12(10-11)14(16-2)6-9-15(13)7-3-8-15/h4-5,10,14,16H,3,6-9H2,1-2H3. The van der Waals surface area contributed by atoms with Gasteiger partial charge in [-0.25, -0.2) is 0 Å². The van der Waals surface area contributed by atoms with Gasteiger partial charge in [0.05, 0.1) is 0 Å². The molecule has 3 rings (SSSR count). The topological polar surface area (TPSA) is 12.0 Å². The lowest BCUT2D eigenvalue weighted by molar-refractivity contribution is 0.194. The fourth-order valence-corrected chi connectivity index (χ4v) is 3.59. The Balaban J connectivity index is 2.10. The first kappa shape index (κ1) is 10.3. The van der Waals surface area contributed by atoms with Gasteiger partial charge < -0.3 is 5.32 Å². The summed E-state index contributed by atoms with van der Waals surface area (Å²) in [7, 11) is 2.09. The van der Waals surface area contributed by atoms with Crippen LogP contribution in [0.25, 0.3) is 0 Å². The first-order valence-corrected chi connectivity index (χ1v) is 6.53. The van der Waals surface area contributed by atoms with E-state index >= 15 is 0 Å². The zero-order valence-corrected chi connectivity index (χ0v) is 10.3. The second-order valence-electron chi connectivity index (χ2n) is 5.60. The number of benzene rings is 1. The van der Waals surface area contributed by atoms with E-state index in [2.05, 4.69) is 37.5 Å². The van der Waals surface area contributed by atoms with Crippen molar-refractivity contribution in [2.75, 3.05) is 7.05 Å². The Kier molecular flexibility index (Phi) is 2.32. The zero-order valence-electron chi connectivity index (χ0n) is 10.3. The fraction of sp³-hybridized carbons (Fsp3) is 0.600. The van der Waals surface area contributed by atoms with Gasteiger partial charge in [0.2, 0.25) is 0 Å². The van der Waals surface area contributed by atoms with Gasteiger partial charge in [-0.15, -0.1) is 0 Å². The van der Waals surface area contributed by atoms with Gasteiger partial charge in [-0.2, -0.15) is 0 Å². The highest BCUT2D eigenvalue weighted by Gasteiger charge is 2.43. The lowest BCUT2D eigenvalue weighted by Gasteiger charge is -2.48. The van der Waals surface area contributed by atoms with Gasteiger partial charge in [-0.1, -0.05) is 30.2 Å². The third kappa shape index (κ3) is 1.34. The van der Waals surface area contributed by atoms with Gasteiger partial charge >= 0.3 is 0 Å². The molecular weight excluding hydrogens is 194 g/mol. The molecule has 0 bridgehead atoms. The fourth-order valence-electron chi connectivity index (χ4n) is 3.59. The molecule has 0 radical (unpaired) electrons. The summed E-state index contributed by atoms with van der Waals surface area (Å²) in [5, 5.41) is 3.47. The Morgan fingerprint density at radius 3 is 2.69 bits per heavy atom. The molecule has 0 saturated heterocycles. The Morgan fingerprint density at radius 2 is 2.06 bits per heavy atom. The Labute approximate surface area is 98.3 Å². The zero-order chi connectivity index (χ0) is 11.2. The minimum atomic E-state index is 0.566. The van der Waals surface area contributed by atoms with Crippen molar-refractivity contribution in [3.63, 3.8) is 0 Å². The Hall–Kier alpha value is -0.820. The second kappa shape index (κ2) is 3.59. The number of fused-ring (bicyclic) bond motifs is 2. The number of aryl methyl sites for hydroxylation is 1. The quantitative estimate of drug-likeness (QED) is 0.756. The van der Waals surface area contributed by atoms with E-state index in [1.165, 1.54) is 37.7 Å². The van der Waals surface area contributed by atoms with E-state index in [0.29, 0.717) is 11.5 Å². The molecule has 1 aromatic carbocycles. The summed E-state index contributed by atoms with van der Waals surface area (Å²) in [6.45, 7) is 2.20. The Bertz CT molecular complexity index is 404. The molecule has 1 aromatic rings. The molecule has 16 heavy (non-hydrogen) atoms. The molecule has 86 valence electrons. The summed E-state index contributed by atoms with van der Waals surface area (Å²) >= 11 is 0. The van der Waals surface area contributed by atoms with Crippen LogP contribution in [-0.4, -0.2) is 7.05 Å². The molecule has 1 spiro atoms. The smallest absolute Gasteiger partial charge is 0.0320 e. The van der Waals surface area contributed by atoms with E-state index in [4.69, 9.17) is 0 Å². The van der Waals surface area contributed by atoms with Crippen LogP contribution in [0, 0.1) is 6.92 Å². The van der Waals surface area contributed by atoms with Crippen LogP contribution in [0.15, 0.2) is 18.2 Å². The lowest BCUT2D eigenvalue weighted by Crippen LogP contribution is -2.40. The van der Waals surface area contributed by atoms with Gasteiger partial charge in [0.25, 0.3) is 0 Å². The molecule has 1 N–H and O–H groups in total. The SMILES string of the molecule is CNC1CCC2(CCC2)c2ccc(C)cc21. The molecular formula is C15H21N. The van der Waals surface area contributed by atoms with Crippen LogP contribution in [0.3, 0.4) is 0 Å². The molecule has 0 aliphatic heterocycles. The minimum Gasteiger partial charge on any atom is -0.313 e. The number of rotatable bonds is 1. The molecule has 2 aliphatic carbocycles.